The maximum absolute atomic E-state index is 11.7. The molecule has 0 aliphatic carbocycles. The average molecular weight is 280 g/mol. The SMILES string of the molecule is CCN1CCN(C(C(=O)O)c2nc(C)n(C)c2C)CC1. The Kier molecular flexibility index (Phi) is 4.45. The normalized spacial score (nSPS) is 19.2. The third kappa shape index (κ3) is 2.71. The summed E-state index contributed by atoms with van der Waals surface area (Å²) in [6.45, 7) is 10.4. The fourth-order valence-corrected chi connectivity index (χ4v) is 2.79. The molecule has 1 aliphatic heterocycles. The van der Waals surface area contributed by atoms with E-state index in [-0.39, 0.29) is 0 Å². The Bertz CT molecular complexity index is 490. The molecule has 1 aromatic rings. The molecule has 1 unspecified atom stereocenters. The Hall–Kier alpha value is -1.40. The van der Waals surface area contributed by atoms with Gasteiger partial charge in [-0.1, -0.05) is 6.92 Å². The van der Waals surface area contributed by atoms with Gasteiger partial charge >= 0.3 is 5.97 Å². The van der Waals surface area contributed by atoms with Gasteiger partial charge < -0.3 is 14.6 Å². The summed E-state index contributed by atoms with van der Waals surface area (Å²) in [6.07, 6.45) is 0. The summed E-state index contributed by atoms with van der Waals surface area (Å²) in [5.74, 6) is 0.0482. The fraction of sp³-hybridized carbons (Fsp3) is 0.714. The van der Waals surface area contributed by atoms with Gasteiger partial charge in [0.2, 0.25) is 0 Å². The minimum Gasteiger partial charge on any atom is -0.480 e. The first-order chi connectivity index (χ1) is 9.45. The van der Waals surface area contributed by atoms with Gasteiger partial charge in [-0.05, 0) is 20.4 Å². The van der Waals surface area contributed by atoms with Crippen molar-refractivity contribution in [2.45, 2.75) is 26.8 Å². The van der Waals surface area contributed by atoms with Crippen molar-refractivity contribution in [3.05, 3.63) is 17.2 Å². The number of imidazole rings is 1. The lowest BCUT2D eigenvalue weighted by Crippen LogP contribution is -2.49. The first-order valence-corrected chi connectivity index (χ1v) is 7.14. The van der Waals surface area contributed by atoms with Gasteiger partial charge in [-0.3, -0.25) is 9.69 Å². The molecule has 1 atom stereocenters. The lowest BCUT2D eigenvalue weighted by Gasteiger charge is -2.36. The number of aromatic nitrogens is 2. The summed E-state index contributed by atoms with van der Waals surface area (Å²) in [7, 11) is 1.93. The molecule has 112 valence electrons. The van der Waals surface area contributed by atoms with Gasteiger partial charge in [-0.25, -0.2) is 4.98 Å². The van der Waals surface area contributed by atoms with E-state index in [1.165, 1.54) is 0 Å². The molecule has 1 aliphatic rings. The Morgan fingerprint density at radius 2 is 1.90 bits per heavy atom. The molecule has 0 saturated carbocycles. The van der Waals surface area contributed by atoms with E-state index < -0.39 is 12.0 Å². The van der Waals surface area contributed by atoms with Crippen molar-refractivity contribution in [2.24, 2.45) is 7.05 Å². The highest BCUT2D eigenvalue weighted by molar-refractivity contribution is 5.75. The minimum absolute atomic E-state index is 0.631. The molecule has 1 N–H and O–H groups in total. The van der Waals surface area contributed by atoms with Crippen LogP contribution in [-0.4, -0.2) is 63.2 Å². The van der Waals surface area contributed by atoms with Crippen molar-refractivity contribution < 1.29 is 9.90 Å². The Balaban J connectivity index is 2.24. The van der Waals surface area contributed by atoms with Crippen LogP contribution < -0.4 is 0 Å². The van der Waals surface area contributed by atoms with E-state index in [0.717, 1.165) is 44.2 Å². The molecule has 0 aromatic carbocycles. The first-order valence-electron chi connectivity index (χ1n) is 7.14. The summed E-state index contributed by atoms with van der Waals surface area (Å²) >= 11 is 0. The molecular formula is C14H24N4O2. The maximum atomic E-state index is 11.7. The zero-order chi connectivity index (χ0) is 14.9. The monoisotopic (exact) mass is 280 g/mol. The van der Waals surface area contributed by atoms with E-state index in [0.29, 0.717) is 5.69 Å². The van der Waals surface area contributed by atoms with Gasteiger partial charge in [-0.2, -0.15) is 0 Å². The van der Waals surface area contributed by atoms with Gasteiger partial charge in [0.05, 0.1) is 5.69 Å². The van der Waals surface area contributed by atoms with Crippen LogP contribution in [0.4, 0.5) is 0 Å². The van der Waals surface area contributed by atoms with Crippen molar-refractivity contribution in [1.82, 2.24) is 19.4 Å². The summed E-state index contributed by atoms with van der Waals surface area (Å²) in [6, 6.07) is -0.631. The van der Waals surface area contributed by atoms with Crippen LogP contribution in [0.25, 0.3) is 0 Å². The second-order valence-electron chi connectivity index (χ2n) is 5.40. The van der Waals surface area contributed by atoms with Crippen molar-refractivity contribution in [3.63, 3.8) is 0 Å². The number of rotatable bonds is 4. The number of aliphatic carboxylic acids is 1. The number of carboxylic acids is 1. The van der Waals surface area contributed by atoms with Crippen LogP contribution in [0.5, 0.6) is 0 Å². The maximum Gasteiger partial charge on any atom is 0.327 e. The summed E-state index contributed by atoms with van der Waals surface area (Å²) < 4.78 is 1.95. The second kappa shape index (κ2) is 5.93. The van der Waals surface area contributed by atoms with E-state index in [9.17, 15) is 9.90 Å². The van der Waals surface area contributed by atoms with E-state index in [1.54, 1.807) is 0 Å². The number of aryl methyl sites for hydroxylation is 1. The standard InChI is InChI=1S/C14H24N4O2/c1-5-17-6-8-18(9-7-17)13(14(19)20)12-10(2)16(4)11(3)15-12/h13H,5-9H2,1-4H3,(H,19,20). The lowest BCUT2D eigenvalue weighted by atomic mass is 10.1. The number of nitrogens with zero attached hydrogens (tertiary/aromatic N) is 4. The molecule has 6 nitrogen and oxygen atoms in total. The van der Waals surface area contributed by atoms with Crippen molar-refractivity contribution in [2.75, 3.05) is 32.7 Å². The fourth-order valence-electron chi connectivity index (χ4n) is 2.79. The van der Waals surface area contributed by atoms with Crippen LogP contribution in [0.1, 0.15) is 30.2 Å². The molecule has 0 amide bonds. The van der Waals surface area contributed by atoms with Gasteiger partial charge in [0.15, 0.2) is 6.04 Å². The third-order valence-corrected chi connectivity index (χ3v) is 4.35. The Morgan fingerprint density at radius 1 is 1.30 bits per heavy atom. The first kappa shape index (κ1) is 15.0. The summed E-state index contributed by atoms with van der Waals surface area (Å²) in [5, 5.41) is 9.62. The number of likely N-dealkylation sites (N-methyl/N-ethyl adjacent to an activating group) is 1. The van der Waals surface area contributed by atoms with E-state index in [1.807, 2.05) is 30.4 Å². The molecule has 1 fully saturated rings. The lowest BCUT2D eigenvalue weighted by molar-refractivity contribution is -0.144. The highest BCUT2D eigenvalue weighted by Gasteiger charge is 2.33. The number of piperazine rings is 1. The number of carboxylic acid groups (broad SMARTS) is 1. The predicted molar refractivity (Wildman–Crippen MR) is 76.7 cm³/mol. The molecule has 20 heavy (non-hydrogen) atoms. The van der Waals surface area contributed by atoms with Gasteiger partial charge in [0.1, 0.15) is 5.82 Å². The van der Waals surface area contributed by atoms with Crippen LogP contribution in [0.3, 0.4) is 0 Å². The smallest absolute Gasteiger partial charge is 0.327 e. The quantitative estimate of drug-likeness (QED) is 0.884. The van der Waals surface area contributed by atoms with Crippen LogP contribution >= 0.6 is 0 Å². The molecule has 2 rings (SSSR count). The topological polar surface area (TPSA) is 61.6 Å². The summed E-state index contributed by atoms with van der Waals surface area (Å²) in [5.41, 5.74) is 1.62. The number of hydrogen-bond donors (Lipinski definition) is 1. The van der Waals surface area contributed by atoms with E-state index >= 15 is 0 Å². The number of hydrogen-bond acceptors (Lipinski definition) is 4. The molecular weight excluding hydrogens is 256 g/mol. The Morgan fingerprint density at radius 3 is 2.30 bits per heavy atom. The third-order valence-electron chi connectivity index (χ3n) is 4.35. The largest absolute Gasteiger partial charge is 0.480 e. The summed E-state index contributed by atoms with van der Waals surface area (Å²) in [4.78, 5) is 20.6. The zero-order valence-corrected chi connectivity index (χ0v) is 12.8. The van der Waals surface area contributed by atoms with Crippen LogP contribution in [0.15, 0.2) is 0 Å². The molecule has 1 aromatic heterocycles. The molecule has 1 saturated heterocycles. The molecule has 0 bridgehead atoms. The van der Waals surface area contributed by atoms with Crippen LogP contribution in [0, 0.1) is 13.8 Å². The molecule has 0 spiro atoms. The number of carbonyl (C=O) groups is 1. The van der Waals surface area contributed by atoms with E-state index in [4.69, 9.17) is 0 Å². The van der Waals surface area contributed by atoms with Gasteiger partial charge in [0.25, 0.3) is 0 Å². The zero-order valence-electron chi connectivity index (χ0n) is 12.8. The average Bonchev–Trinajstić information content (AvgIpc) is 2.67. The predicted octanol–water partition coefficient (Wildman–Crippen LogP) is 0.800. The molecule has 6 heteroatoms. The molecule has 0 radical (unpaired) electrons. The van der Waals surface area contributed by atoms with Gasteiger partial charge in [0, 0.05) is 38.9 Å². The minimum atomic E-state index is -0.809. The Labute approximate surface area is 120 Å². The highest BCUT2D eigenvalue weighted by atomic mass is 16.4. The highest BCUT2D eigenvalue weighted by Crippen LogP contribution is 2.25. The van der Waals surface area contributed by atoms with Crippen LogP contribution in [0.2, 0.25) is 0 Å². The van der Waals surface area contributed by atoms with Crippen LogP contribution in [-0.2, 0) is 11.8 Å². The van der Waals surface area contributed by atoms with Crippen molar-refractivity contribution in [1.29, 1.82) is 0 Å². The van der Waals surface area contributed by atoms with Crippen molar-refractivity contribution >= 4 is 5.97 Å². The second-order valence-corrected chi connectivity index (χ2v) is 5.40. The van der Waals surface area contributed by atoms with E-state index in [2.05, 4.69) is 16.8 Å². The molecule has 2 heterocycles. The van der Waals surface area contributed by atoms with Gasteiger partial charge in [-0.15, -0.1) is 0 Å². The van der Waals surface area contributed by atoms with Crippen molar-refractivity contribution in [3.8, 4) is 0 Å².